The number of hydrogen-bond donors (Lipinski definition) is 2. The Balaban J connectivity index is 1.95. The van der Waals surface area contributed by atoms with Crippen molar-refractivity contribution in [2.24, 2.45) is 0 Å². The number of hydrogen-bond acceptors (Lipinski definition) is 5. The molecule has 11 heteroatoms. The highest BCUT2D eigenvalue weighted by molar-refractivity contribution is 7.92. The molecule has 158 valence electrons. The number of aromatic nitrogens is 2. The summed E-state index contributed by atoms with van der Waals surface area (Å²) in [6.07, 6.45) is -4.52. The van der Waals surface area contributed by atoms with Gasteiger partial charge in [-0.2, -0.15) is 0 Å². The van der Waals surface area contributed by atoms with E-state index in [1.165, 1.54) is 36.4 Å². The molecule has 1 aromatic heterocycles. The third-order valence-corrected chi connectivity index (χ3v) is 5.33. The molecule has 0 bridgehead atoms. The maximum absolute atomic E-state index is 12.7. The molecule has 7 nitrogen and oxygen atoms in total. The lowest BCUT2D eigenvalue weighted by molar-refractivity contribution is -0.275. The second kappa shape index (κ2) is 8.19. The molecule has 0 unspecified atom stereocenters. The number of H-pyrrole nitrogens is 1. The van der Waals surface area contributed by atoms with Crippen molar-refractivity contribution in [1.29, 1.82) is 0 Å². The van der Waals surface area contributed by atoms with Crippen LogP contribution in [0.15, 0.2) is 64.3 Å². The van der Waals surface area contributed by atoms with E-state index in [0.29, 0.717) is 17.7 Å². The summed E-state index contributed by atoms with van der Waals surface area (Å²) in [7, 11) is -4.40. The molecule has 0 saturated heterocycles. The molecule has 3 rings (SSSR count). The molecule has 2 N–H and O–H groups in total. The first-order valence-corrected chi connectivity index (χ1v) is 10.1. The van der Waals surface area contributed by atoms with E-state index in [9.17, 15) is 26.4 Å². The summed E-state index contributed by atoms with van der Waals surface area (Å²) in [4.78, 5) is 18.0. The highest BCUT2D eigenvalue weighted by atomic mass is 32.2. The van der Waals surface area contributed by atoms with Gasteiger partial charge in [0.05, 0.1) is 0 Å². The van der Waals surface area contributed by atoms with Crippen molar-refractivity contribution in [2.75, 3.05) is 4.72 Å². The van der Waals surface area contributed by atoms with Crippen LogP contribution < -0.4 is 15.0 Å². The molecular weight excluding hydrogens is 423 g/mol. The molecule has 0 atom stereocenters. The fourth-order valence-electron chi connectivity index (χ4n) is 2.65. The molecule has 2 aromatic carbocycles. The van der Waals surface area contributed by atoms with E-state index in [4.69, 9.17) is 0 Å². The molecule has 0 saturated carbocycles. The number of nitrogens with one attached hydrogen (secondary N) is 2. The van der Waals surface area contributed by atoms with Gasteiger partial charge < -0.3 is 9.72 Å². The predicted molar refractivity (Wildman–Crippen MR) is 104 cm³/mol. The Morgan fingerprint density at radius 1 is 1.10 bits per heavy atom. The minimum atomic E-state index is -5.05. The van der Waals surface area contributed by atoms with Gasteiger partial charge in [0.1, 0.15) is 16.5 Å². The predicted octanol–water partition coefficient (Wildman–Crippen LogP) is 3.70. The number of alkyl halides is 3. The first kappa shape index (κ1) is 21.4. The molecule has 0 spiro atoms. The number of anilines is 1. The van der Waals surface area contributed by atoms with Crippen molar-refractivity contribution < 1.29 is 26.3 Å². The van der Waals surface area contributed by atoms with Gasteiger partial charge in [-0.1, -0.05) is 31.2 Å². The van der Waals surface area contributed by atoms with Crippen LogP contribution in [0.25, 0.3) is 11.4 Å². The van der Waals surface area contributed by atoms with Crippen molar-refractivity contribution in [2.45, 2.75) is 24.6 Å². The van der Waals surface area contributed by atoms with Crippen LogP contribution in [0.1, 0.15) is 12.6 Å². The van der Waals surface area contributed by atoms with Crippen LogP contribution in [0.2, 0.25) is 0 Å². The molecule has 0 aliphatic carbocycles. The number of ether oxygens (including phenoxy) is 1. The van der Waals surface area contributed by atoms with Crippen LogP contribution in [0.5, 0.6) is 5.75 Å². The molecule has 30 heavy (non-hydrogen) atoms. The smallest absolute Gasteiger partial charge is 0.404 e. The van der Waals surface area contributed by atoms with Crippen LogP contribution in [-0.4, -0.2) is 24.7 Å². The lowest BCUT2D eigenvalue weighted by atomic mass is 10.2. The van der Waals surface area contributed by atoms with Gasteiger partial charge in [0, 0.05) is 23.0 Å². The Morgan fingerprint density at radius 2 is 1.83 bits per heavy atom. The number of halogens is 3. The Hall–Kier alpha value is -3.34. The van der Waals surface area contributed by atoms with E-state index >= 15 is 0 Å². The maximum atomic E-state index is 12.7. The van der Waals surface area contributed by atoms with Crippen LogP contribution >= 0.6 is 0 Å². The minimum Gasteiger partial charge on any atom is -0.404 e. The van der Waals surface area contributed by atoms with E-state index in [-0.39, 0.29) is 17.1 Å². The van der Waals surface area contributed by atoms with Gasteiger partial charge >= 0.3 is 6.36 Å². The van der Waals surface area contributed by atoms with Crippen molar-refractivity contribution in [1.82, 2.24) is 9.97 Å². The average Bonchev–Trinajstić information content (AvgIpc) is 2.66. The average molecular weight is 439 g/mol. The maximum Gasteiger partial charge on any atom is 0.573 e. The molecule has 0 fully saturated rings. The summed E-state index contributed by atoms with van der Waals surface area (Å²) in [5, 5.41) is 0. The molecule has 1 heterocycles. The first-order valence-electron chi connectivity index (χ1n) is 8.65. The van der Waals surface area contributed by atoms with Gasteiger partial charge in [0.2, 0.25) is 0 Å². The van der Waals surface area contributed by atoms with Gasteiger partial charge in [0.25, 0.3) is 15.6 Å². The summed E-state index contributed by atoms with van der Waals surface area (Å²) in [5.41, 5.74) is 0.681. The van der Waals surface area contributed by atoms with Crippen LogP contribution in [0.3, 0.4) is 0 Å². The monoisotopic (exact) mass is 439 g/mol. The largest absolute Gasteiger partial charge is 0.573 e. The second-order valence-electron chi connectivity index (χ2n) is 6.12. The Kier molecular flexibility index (Phi) is 5.83. The minimum absolute atomic E-state index is 0.0684. The number of nitrogens with zero attached hydrogens (tertiary/aromatic N) is 1. The summed E-state index contributed by atoms with van der Waals surface area (Å²) in [6, 6.07) is 11.7. The quantitative estimate of drug-likeness (QED) is 0.610. The Bertz CT molecular complexity index is 1220. The summed E-state index contributed by atoms with van der Waals surface area (Å²) >= 11 is 0. The number of para-hydroxylation sites is 1. The van der Waals surface area contributed by atoms with Crippen molar-refractivity contribution in [3.63, 3.8) is 0 Å². The van der Waals surface area contributed by atoms with E-state index in [0.717, 1.165) is 12.1 Å². The number of rotatable bonds is 6. The van der Waals surface area contributed by atoms with Crippen molar-refractivity contribution in [3.05, 3.63) is 70.6 Å². The number of aryl methyl sites for hydroxylation is 1. The molecule has 0 aliphatic heterocycles. The number of benzene rings is 2. The third-order valence-electron chi connectivity index (χ3n) is 3.91. The molecule has 0 radical (unpaired) electrons. The second-order valence-corrected chi connectivity index (χ2v) is 7.77. The van der Waals surface area contributed by atoms with E-state index < -0.39 is 27.0 Å². The summed E-state index contributed by atoms with van der Waals surface area (Å²) in [6.45, 7) is 1.83. The zero-order valence-electron chi connectivity index (χ0n) is 15.5. The molecule has 3 aromatic rings. The zero-order chi connectivity index (χ0) is 21.9. The molecule has 0 aliphatic rings. The van der Waals surface area contributed by atoms with E-state index in [1.54, 1.807) is 6.07 Å². The zero-order valence-corrected chi connectivity index (χ0v) is 16.3. The van der Waals surface area contributed by atoms with Crippen LogP contribution in [-0.2, 0) is 16.4 Å². The topological polar surface area (TPSA) is 101 Å². The fraction of sp³-hybridized carbons (Fsp3) is 0.158. The summed E-state index contributed by atoms with van der Waals surface area (Å²) < 4.78 is 69.2. The van der Waals surface area contributed by atoms with Gasteiger partial charge in [0.15, 0.2) is 0 Å². The lowest BCUT2D eigenvalue weighted by Crippen LogP contribution is -2.20. The number of sulfonamides is 1. The van der Waals surface area contributed by atoms with E-state index in [1.807, 2.05) is 6.92 Å². The van der Waals surface area contributed by atoms with Crippen LogP contribution in [0, 0.1) is 0 Å². The van der Waals surface area contributed by atoms with Gasteiger partial charge in [-0.3, -0.25) is 9.52 Å². The van der Waals surface area contributed by atoms with Crippen molar-refractivity contribution >= 4 is 15.7 Å². The highest BCUT2D eigenvalue weighted by Gasteiger charge is 2.34. The molecule has 0 amide bonds. The normalized spacial score (nSPS) is 11.9. The molecular formula is C19H16F3N3O4S. The SMILES string of the molecule is CCc1cc(=O)[nH]c(-c2cccc(NS(=O)(=O)c3ccccc3OC(F)(F)F)c2)n1. The van der Waals surface area contributed by atoms with Gasteiger partial charge in [-0.05, 0) is 30.7 Å². The van der Waals surface area contributed by atoms with Crippen LogP contribution in [0.4, 0.5) is 18.9 Å². The van der Waals surface area contributed by atoms with Gasteiger partial charge in [-0.15, -0.1) is 13.2 Å². The third kappa shape index (κ3) is 5.17. The lowest BCUT2D eigenvalue weighted by Gasteiger charge is -2.14. The Labute approximate surface area is 169 Å². The van der Waals surface area contributed by atoms with Gasteiger partial charge in [-0.25, -0.2) is 13.4 Å². The first-order chi connectivity index (χ1) is 14.1. The van der Waals surface area contributed by atoms with E-state index in [2.05, 4.69) is 19.4 Å². The standard InChI is InChI=1S/C19H16F3N3O4S/c1-2-13-11-17(26)24-18(23-13)12-6-5-7-14(10-12)25-30(27,28)16-9-4-3-8-15(16)29-19(20,21)22/h3-11,25H,2H2,1H3,(H,23,24,26). The number of aromatic amines is 1. The summed E-state index contributed by atoms with van der Waals surface area (Å²) in [5.74, 6) is -0.614. The van der Waals surface area contributed by atoms with Crippen molar-refractivity contribution in [3.8, 4) is 17.1 Å². The fourth-order valence-corrected chi connectivity index (χ4v) is 3.83. The Morgan fingerprint density at radius 3 is 2.53 bits per heavy atom. The highest BCUT2D eigenvalue weighted by Crippen LogP contribution is 2.31.